The number of alkyl halides is 3. The maximum Gasteiger partial charge on any atom is 0.573 e. The number of sulfone groups is 1. The number of benzene rings is 1. The van der Waals surface area contributed by atoms with Crippen LogP contribution in [0.4, 0.5) is 13.2 Å². The normalized spacial score (nSPS) is 15.7. The predicted molar refractivity (Wildman–Crippen MR) is 110 cm³/mol. The van der Waals surface area contributed by atoms with Crippen LogP contribution in [0.5, 0.6) is 5.75 Å². The lowest BCUT2D eigenvalue weighted by Crippen LogP contribution is -2.38. The molecule has 3 rings (SSSR count). The first kappa shape index (κ1) is 23.5. The molecule has 2 aromatic rings. The van der Waals surface area contributed by atoms with Crippen LogP contribution in [0.2, 0.25) is 0 Å². The van der Waals surface area contributed by atoms with Gasteiger partial charge >= 0.3 is 6.36 Å². The molecule has 168 valence electrons. The zero-order valence-electron chi connectivity index (χ0n) is 16.5. The first-order valence-corrected chi connectivity index (χ1v) is 11.9. The van der Waals surface area contributed by atoms with Crippen molar-refractivity contribution in [1.29, 1.82) is 0 Å². The van der Waals surface area contributed by atoms with Gasteiger partial charge in [0.15, 0.2) is 9.84 Å². The Kier molecular flexibility index (Phi) is 6.95. The number of carbonyl (C=O) groups excluding carboxylic acids is 1. The second-order valence-corrected chi connectivity index (χ2v) is 10.3. The lowest BCUT2D eigenvalue weighted by molar-refractivity contribution is -0.275. The maximum atomic E-state index is 12.8. The number of nitrogens with zero attached hydrogens (tertiary/aromatic N) is 2. The Balaban J connectivity index is 1.84. The molecular formula is C20H20BrF3N2O4S. The van der Waals surface area contributed by atoms with Crippen LogP contribution in [0, 0.1) is 5.92 Å². The summed E-state index contributed by atoms with van der Waals surface area (Å²) in [5, 5.41) is 0. The second kappa shape index (κ2) is 9.15. The lowest BCUT2D eigenvalue weighted by atomic mass is 9.99. The van der Waals surface area contributed by atoms with Crippen LogP contribution in [-0.4, -0.2) is 43.7 Å². The summed E-state index contributed by atoms with van der Waals surface area (Å²) in [5.41, 5.74) is 0.155. The topological polar surface area (TPSA) is 76.6 Å². The van der Waals surface area contributed by atoms with Crippen molar-refractivity contribution in [1.82, 2.24) is 9.88 Å². The van der Waals surface area contributed by atoms with E-state index in [2.05, 4.69) is 32.6 Å². The van der Waals surface area contributed by atoms with E-state index in [9.17, 15) is 26.4 Å². The van der Waals surface area contributed by atoms with Gasteiger partial charge in [-0.05, 0) is 49.1 Å². The molecule has 0 spiro atoms. The molecule has 1 aliphatic rings. The summed E-state index contributed by atoms with van der Waals surface area (Å²) >= 11 is 3.01. The summed E-state index contributed by atoms with van der Waals surface area (Å²) in [6, 6.07) is 7.69. The van der Waals surface area contributed by atoms with Gasteiger partial charge in [0.25, 0.3) is 5.91 Å². The molecule has 6 nitrogen and oxygen atoms in total. The smallest absolute Gasteiger partial charge is 0.404 e. The van der Waals surface area contributed by atoms with E-state index in [1.807, 2.05) is 0 Å². The van der Waals surface area contributed by atoms with E-state index in [-0.39, 0.29) is 21.8 Å². The fourth-order valence-corrected chi connectivity index (χ4v) is 5.00. The van der Waals surface area contributed by atoms with E-state index in [1.165, 1.54) is 24.3 Å². The summed E-state index contributed by atoms with van der Waals surface area (Å²) < 4.78 is 68.0. The van der Waals surface area contributed by atoms with Gasteiger partial charge in [0.2, 0.25) is 0 Å². The highest BCUT2D eigenvalue weighted by molar-refractivity contribution is 9.10. The fraction of sp³-hybridized carbons (Fsp3) is 0.400. The third kappa shape index (κ3) is 6.19. The van der Waals surface area contributed by atoms with Crippen molar-refractivity contribution in [3.8, 4) is 5.75 Å². The molecule has 0 N–H and O–H groups in total. The fourth-order valence-electron chi connectivity index (χ4n) is 3.27. The molecule has 31 heavy (non-hydrogen) atoms. The van der Waals surface area contributed by atoms with E-state index in [0.717, 1.165) is 25.0 Å². The average Bonchev–Trinajstić information content (AvgIpc) is 2.66. The largest absolute Gasteiger partial charge is 0.573 e. The highest BCUT2D eigenvalue weighted by Gasteiger charge is 2.34. The first-order chi connectivity index (χ1) is 14.4. The molecule has 0 unspecified atom stereocenters. The van der Waals surface area contributed by atoms with Crippen molar-refractivity contribution in [2.24, 2.45) is 5.92 Å². The highest BCUT2D eigenvalue weighted by atomic mass is 79.9. The zero-order valence-corrected chi connectivity index (χ0v) is 18.9. The van der Waals surface area contributed by atoms with Crippen molar-refractivity contribution in [3.63, 3.8) is 0 Å². The van der Waals surface area contributed by atoms with E-state index in [0.29, 0.717) is 19.0 Å². The van der Waals surface area contributed by atoms with Crippen LogP contribution in [0.15, 0.2) is 45.8 Å². The standard InChI is InChI=1S/C20H20BrF3N2O4S/c1-13-7-9-26(10-8-13)19(27)16-4-2-3-15(25-16)12-31(28,29)18-6-5-14(21)11-17(18)30-20(22,23)24/h2-6,11,13H,7-10,12H2,1H3. The lowest BCUT2D eigenvalue weighted by Gasteiger charge is -2.30. The number of aromatic nitrogens is 1. The van der Waals surface area contributed by atoms with Gasteiger partial charge in [-0.1, -0.05) is 28.9 Å². The first-order valence-electron chi connectivity index (χ1n) is 9.48. The van der Waals surface area contributed by atoms with Gasteiger partial charge in [0.05, 0.1) is 11.4 Å². The average molecular weight is 521 g/mol. The quantitative estimate of drug-likeness (QED) is 0.576. The van der Waals surface area contributed by atoms with Crippen molar-refractivity contribution in [2.45, 2.75) is 36.8 Å². The number of amides is 1. The van der Waals surface area contributed by atoms with Crippen LogP contribution in [-0.2, 0) is 15.6 Å². The maximum absolute atomic E-state index is 12.8. The Bertz CT molecular complexity index is 1070. The Morgan fingerprint density at radius 3 is 2.55 bits per heavy atom. The van der Waals surface area contributed by atoms with E-state index < -0.39 is 32.6 Å². The Morgan fingerprint density at radius 1 is 1.23 bits per heavy atom. The Morgan fingerprint density at radius 2 is 1.90 bits per heavy atom. The molecule has 0 bridgehead atoms. The number of hydrogen-bond donors (Lipinski definition) is 0. The SMILES string of the molecule is CC1CCN(C(=O)c2cccc(CS(=O)(=O)c3ccc(Br)cc3OC(F)(F)F)n2)CC1. The van der Waals surface area contributed by atoms with Crippen molar-refractivity contribution < 1.29 is 31.1 Å². The monoisotopic (exact) mass is 520 g/mol. The van der Waals surface area contributed by atoms with Gasteiger partial charge in [0.1, 0.15) is 16.3 Å². The van der Waals surface area contributed by atoms with Gasteiger partial charge < -0.3 is 9.64 Å². The van der Waals surface area contributed by atoms with Gasteiger partial charge in [-0.15, -0.1) is 13.2 Å². The molecule has 1 saturated heterocycles. The number of likely N-dealkylation sites (tertiary alicyclic amines) is 1. The molecule has 0 radical (unpaired) electrons. The predicted octanol–water partition coefficient (Wildman–Crippen LogP) is 4.59. The van der Waals surface area contributed by atoms with Gasteiger partial charge in [0, 0.05) is 17.6 Å². The van der Waals surface area contributed by atoms with E-state index >= 15 is 0 Å². The number of rotatable bonds is 5. The summed E-state index contributed by atoms with van der Waals surface area (Å²) in [5.74, 6) is -1.28. The molecule has 1 aromatic carbocycles. The molecule has 2 heterocycles. The van der Waals surface area contributed by atoms with E-state index in [4.69, 9.17) is 0 Å². The molecule has 0 saturated carbocycles. The van der Waals surface area contributed by atoms with Crippen molar-refractivity contribution >= 4 is 31.7 Å². The summed E-state index contributed by atoms with van der Waals surface area (Å²) in [7, 11) is -4.24. The Labute approximate surface area is 186 Å². The highest BCUT2D eigenvalue weighted by Crippen LogP contribution is 2.33. The number of piperidine rings is 1. The minimum atomic E-state index is -5.05. The minimum absolute atomic E-state index is 0.0529. The summed E-state index contributed by atoms with van der Waals surface area (Å²) in [4.78, 5) is 17.9. The second-order valence-electron chi connectivity index (χ2n) is 7.39. The van der Waals surface area contributed by atoms with Crippen molar-refractivity contribution in [3.05, 3.63) is 52.3 Å². The zero-order chi connectivity index (χ0) is 22.8. The number of halogens is 4. The third-order valence-electron chi connectivity index (χ3n) is 4.90. The summed E-state index contributed by atoms with van der Waals surface area (Å²) in [6.07, 6.45) is -3.29. The van der Waals surface area contributed by atoms with Crippen LogP contribution in [0.3, 0.4) is 0 Å². The summed E-state index contributed by atoms with van der Waals surface area (Å²) in [6.45, 7) is 3.31. The number of pyridine rings is 1. The van der Waals surface area contributed by atoms with Crippen molar-refractivity contribution in [2.75, 3.05) is 13.1 Å². The molecule has 11 heteroatoms. The van der Waals surface area contributed by atoms with Gasteiger partial charge in [-0.25, -0.2) is 13.4 Å². The van der Waals surface area contributed by atoms with Crippen LogP contribution < -0.4 is 4.74 Å². The minimum Gasteiger partial charge on any atom is -0.404 e. The molecule has 0 aliphatic carbocycles. The molecule has 0 atom stereocenters. The van der Waals surface area contributed by atoms with E-state index in [1.54, 1.807) is 4.90 Å². The molecule has 1 aromatic heterocycles. The molecule has 1 fully saturated rings. The third-order valence-corrected chi connectivity index (χ3v) is 7.08. The van der Waals surface area contributed by atoms with Crippen LogP contribution in [0.1, 0.15) is 35.9 Å². The molecule has 1 aliphatic heterocycles. The molecular weight excluding hydrogens is 501 g/mol. The number of hydrogen-bond acceptors (Lipinski definition) is 5. The van der Waals surface area contributed by atoms with Crippen LogP contribution >= 0.6 is 15.9 Å². The molecule has 1 amide bonds. The number of ether oxygens (including phenoxy) is 1. The number of carbonyl (C=O) groups is 1. The van der Waals surface area contributed by atoms with Gasteiger partial charge in [-0.2, -0.15) is 0 Å². The van der Waals surface area contributed by atoms with Crippen LogP contribution in [0.25, 0.3) is 0 Å². The Hall–Kier alpha value is -2.14. The van der Waals surface area contributed by atoms with Gasteiger partial charge in [-0.3, -0.25) is 4.79 Å².